The fourth-order valence-electron chi connectivity index (χ4n) is 5.69. The Hall–Kier alpha value is -5.54. The van der Waals surface area contributed by atoms with Crippen LogP contribution in [0.15, 0.2) is 91.0 Å². The molecule has 0 saturated carbocycles. The van der Waals surface area contributed by atoms with Gasteiger partial charge in [0.15, 0.2) is 5.65 Å². The Kier molecular flexibility index (Phi) is 9.21. The number of aromatic nitrogens is 3. The third-order valence-corrected chi connectivity index (χ3v) is 7.89. The molecule has 250 valence electrons. The first-order valence-corrected chi connectivity index (χ1v) is 16.0. The van der Waals surface area contributed by atoms with Gasteiger partial charge in [-0.3, -0.25) is 4.79 Å². The van der Waals surface area contributed by atoms with Gasteiger partial charge in [0.05, 0.1) is 23.4 Å². The molecule has 2 N–H and O–H groups in total. The maximum absolute atomic E-state index is 14.4. The zero-order valence-corrected chi connectivity index (χ0v) is 28.1. The number of aliphatic hydroxyl groups is 1. The van der Waals surface area contributed by atoms with Crippen molar-refractivity contribution in [3.63, 3.8) is 0 Å². The number of carbonyl (C=O) groups is 1. The molecule has 6 aromatic rings. The second kappa shape index (κ2) is 13.5. The van der Waals surface area contributed by atoms with Crippen LogP contribution >= 0.6 is 0 Å². The summed E-state index contributed by atoms with van der Waals surface area (Å²) in [6.07, 6.45) is -0.209. The minimum Gasteiger partial charge on any atom is -0.489 e. The molecule has 1 aliphatic heterocycles. The molecule has 0 radical (unpaired) electrons. The van der Waals surface area contributed by atoms with Crippen LogP contribution in [0.5, 0.6) is 11.5 Å². The normalized spacial score (nSPS) is 12.4. The van der Waals surface area contributed by atoms with Crippen molar-refractivity contribution in [2.75, 3.05) is 0 Å². The Balaban J connectivity index is 0.000000778. The number of fused-ring (bicyclic) bond motifs is 11. The summed E-state index contributed by atoms with van der Waals surface area (Å²) in [6, 6.07) is 28.0. The van der Waals surface area contributed by atoms with Gasteiger partial charge < -0.3 is 19.7 Å². The molecule has 8 bridgehead atoms. The number of halogens is 1. The average molecular weight is 660 g/mol. The second-order valence-electron chi connectivity index (χ2n) is 13.2. The highest BCUT2D eigenvalue weighted by molar-refractivity contribution is 5.80. The van der Waals surface area contributed by atoms with E-state index < -0.39 is 11.6 Å². The Bertz CT molecular complexity index is 2180. The van der Waals surface area contributed by atoms with E-state index in [0.29, 0.717) is 46.4 Å². The lowest BCUT2D eigenvalue weighted by molar-refractivity contribution is -0.136. The van der Waals surface area contributed by atoms with Gasteiger partial charge in [-0.25, -0.2) is 13.9 Å². The molecular weight excluding hydrogens is 621 g/mol. The lowest BCUT2D eigenvalue weighted by atomic mass is 10.00. The fraction of sp³-hybridized carbons (Fsp3) is 0.225. The van der Waals surface area contributed by atoms with Crippen LogP contribution in [0.1, 0.15) is 48.7 Å². The molecular formula is C40H38FN3O5. The van der Waals surface area contributed by atoms with E-state index in [-0.39, 0.29) is 18.8 Å². The Morgan fingerprint density at radius 3 is 2.22 bits per heavy atom. The number of rotatable bonds is 2. The molecule has 0 unspecified atom stereocenters. The minimum absolute atomic E-state index is 0.209. The number of hydrogen-bond acceptors (Lipinski definition) is 6. The van der Waals surface area contributed by atoms with Crippen molar-refractivity contribution >= 4 is 11.6 Å². The molecule has 3 heterocycles. The lowest BCUT2D eigenvalue weighted by Gasteiger charge is -2.16. The van der Waals surface area contributed by atoms with Gasteiger partial charge >= 0.3 is 5.97 Å². The highest BCUT2D eigenvalue weighted by atomic mass is 19.1. The predicted octanol–water partition coefficient (Wildman–Crippen LogP) is 8.36. The van der Waals surface area contributed by atoms with Crippen molar-refractivity contribution in [1.82, 2.24) is 14.6 Å². The highest BCUT2D eigenvalue weighted by Gasteiger charge is 2.21. The quantitative estimate of drug-likeness (QED) is 0.192. The smallest absolute Gasteiger partial charge is 0.307 e. The summed E-state index contributed by atoms with van der Waals surface area (Å²) in [5.41, 5.74) is 8.60. The number of carboxylic acid groups (broad SMARTS) is 1. The number of aliphatic carboxylic acids is 1. The van der Waals surface area contributed by atoms with E-state index in [1.54, 1.807) is 31.4 Å². The van der Waals surface area contributed by atoms with E-state index >= 15 is 0 Å². The average Bonchev–Trinajstić information content (AvgIpc) is 3.46. The van der Waals surface area contributed by atoms with Crippen molar-refractivity contribution in [3.05, 3.63) is 125 Å². The molecule has 7 rings (SSSR count). The van der Waals surface area contributed by atoms with Crippen molar-refractivity contribution in [2.24, 2.45) is 0 Å². The molecule has 49 heavy (non-hydrogen) atoms. The van der Waals surface area contributed by atoms with Crippen molar-refractivity contribution in [1.29, 1.82) is 0 Å². The van der Waals surface area contributed by atoms with Gasteiger partial charge in [0.2, 0.25) is 0 Å². The van der Waals surface area contributed by atoms with Crippen LogP contribution in [0.2, 0.25) is 0 Å². The number of ether oxygens (including phenoxy) is 2. The van der Waals surface area contributed by atoms with Gasteiger partial charge in [-0.05, 0) is 87.2 Å². The van der Waals surface area contributed by atoms with Crippen LogP contribution in [0.25, 0.3) is 39.3 Å². The molecule has 1 aliphatic rings. The molecule has 0 saturated heterocycles. The predicted molar refractivity (Wildman–Crippen MR) is 187 cm³/mol. The van der Waals surface area contributed by atoms with Crippen molar-refractivity contribution in [2.45, 2.75) is 59.9 Å². The summed E-state index contributed by atoms with van der Waals surface area (Å²) in [6.45, 7) is 9.59. The van der Waals surface area contributed by atoms with Gasteiger partial charge in [-0.2, -0.15) is 5.10 Å². The van der Waals surface area contributed by atoms with E-state index in [4.69, 9.17) is 24.7 Å². The fourth-order valence-corrected chi connectivity index (χ4v) is 5.69. The molecule has 0 aliphatic carbocycles. The van der Waals surface area contributed by atoms with Gasteiger partial charge in [0, 0.05) is 40.1 Å². The molecule has 0 fully saturated rings. The monoisotopic (exact) mass is 659 g/mol. The summed E-state index contributed by atoms with van der Waals surface area (Å²) in [7, 11) is 0. The summed E-state index contributed by atoms with van der Waals surface area (Å²) in [5.74, 6) is -0.234. The summed E-state index contributed by atoms with van der Waals surface area (Å²) in [4.78, 5) is 16.7. The molecule has 9 heteroatoms. The summed E-state index contributed by atoms with van der Waals surface area (Å²) >= 11 is 0. The molecule has 0 spiro atoms. The summed E-state index contributed by atoms with van der Waals surface area (Å²) in [5, 5.41) is 23.3. The van der Waals surface area contributed by atoms with Crippen LogP contribution in [0.4, 0.5) is 4.39 Å². The lowest BCUT2D eigenvalue weighted by Crippen LogP contribution is -2.10. The van der Waals surface area contributed by atoms with Crippen molar-refractivity contribution in [3.8, 4) is 45.1 Å². The Labute approximate surface area is 284 Å². The molecule has 8 nitrogen and oxygen atoms in total. The maximum Gasteiger partial charge on any atom is 0.307 e. The van der Waals surface area contributed by atoms with Gasteiger partial charge in [-0.15, -0.1) is 0 Å². The van der Waals surface area contributed by atoms with Gasteiger partial charge in [0.1, 0.15) is 30.5 Å². The number of aryl methyl sites for hydroxylation is 2. The summed E-state index contributed by atoms with van der Waals surface area (Å²) < 4.78 is 28.6. The molecule has 0 amide bonds. The van der Waals surface area contributed by atoms with Gasteiger partial charge in [-0.1, -0.05) is 48.5 Å². The van der Waals surface area contributed by atoms with Crippen LogP contribution < -0.4 is 9.47 Å². The molecule has 2 aromatic heterocycles. The first-order valence-electron chi connectivity index (χ1n) is 16.0. The second-order valence-corrected chi connectivity index (χ2v) is 13.2. The van der Waals surface area contributed by atoms with Crippen LogP contribution in [-0.4, -0.2) is 36.4 Å². The SMILES string of the molecule is CC(C)(C)O.Cc1ccc2cc1OCc1cccc(c1)COc1cc(F)ccc1-c1cccc(c1)-c1cc3nc(C)c(CC(=O)O)c-2n3n1. The molecule has 4 aromatic carbocycles. The van der Waals surface area contributed by atoms with E-state index in [2.05, 4.69) is 0 Å². The van der Waals surface area contributed by atoms with E-state index in [1.807, 2.05) is 86.6 Å². The van der Waals surface area contributed by atoms with Crippen molar-refractivity contribution < 1.29 is 28.9 Å². The topological polar surface area (TPSA) is 106 Å². The number of nitrogens with zero attached hydrogens (tertiary/aromatic N) is 3. The number of benzene rings is 4. The first kappa shape index (κ1) is 33.4. The Morgan fingerprint density at radius 1 is 0.837 bits per heavy atom. The first-order chi connectivity index (χ1) is 23.3. The van der Waals surface area contributed by atoms with Crippen LogP contribution in [-0.2, 0) is 24.4 Å². The van der Waals surface area contributed by atoms with Gasteiger partial charge in [0.25, 0.3) is 0 Å². The highest BCUT2D eigenvalue weighted by Crippen LogP contribution is 2.36. The standard InChI is InChI=1S/C36H28FN3O4.C4H10O/c1-21-9-10-27-15-32(21)43-19-23-5-3-6-24(13-23)20-44-33-16-28(37)11-12-29(33)25-7-4-8-26(14-25)31-18-34-38-22(2)30(17-35(41)42)36(27)40(34)39-31;1-4(2,3)5/h3-16,18H,17,19-20H2,1-2H3,(H,41,42);5H,1-3H3. The number of carboxylic acids is 1. The third kappa shape index (κ3) is 7.79. The zero-order chi connectivity index (χ0) is 34.9. The largest absolute Gasteiger partial charge is 0.489 e. The number of hydrogen-bond donors (Lipinski definition) is 2. The molecule has 0 atom stereocenters. The zero-order valence-electron chi connectivity index (χ0n) is 28.1. The van der Waals surface area contributed by atoms with E-state index in [9.17, 15) is 14.3 Å². The third-order valence-electron chi connectivity index (χ3n) is 7.89. The van der Waals surface area contributed by atoms with Crippen LogP contribution in [0, 0.1) is 19.7 Å². The van der Waals surface area contributed by atoms with E-state index in [1.165, 1.54) is 12.1 Å². The Morgan fingerprint density at radius 2 is 1.51 bits per heavy atom. The van der Waals surface area contributed by atoms with E-state index in [0.717, 1.165) is 38.9 Å². The van der Waals surface area contributed by atoms with Crippen LogP contribution in [0.3, 0.4) is 0 Å². The minimum atomic E-state index is -0.957. The maximum atomic E-state index is 14.4.